The summed E-state index contributed by atoms with van der Waals surface area (Å²) in [6, 6.07) is 0.418. The van der Waals surface area contributed by atoms with Gasteiger partial charge in [0.2, 0.25) is 0 Å². The van der Waals surface area contributed by atoms with E-state index in [2.05, 4.69) is 5.32 Å². The number of amides is 2. The molecule has 3 aliphatic rings. The summed E-state index contributed by atoms with van der Waals surface area (Å²) < 4.78 is 5.29. The van der Waals surface area contributed by atoms with Crippen LogP contribution in [0.5, 0.6) is 0 Å². The zero-order valence-electron chi connectivity index (χ0n) is 12.3. The number of nitrogens with one attached hydrogen (secondary N) is 1. The molecule has 1 heterocycles. The molecule has 2 aliphatic carbocycles. The predicted molar refractivity (Wildman–Crippen MR) is 76.0 cm³/mol. The number of hydrogen-bond donors (Lipinski definition) is 2. The van der Waals surface area contributed by atoms with Crippen LogP contribution in [0.4, 0.5) is 4.79 Å². The van der Waals surface area contributed by atoms with Crippen LogP contribution >= 0.6 is 0 Å². The molecule has 1 saturated heterocycles. The fourth-order valence-electron chi connectivity index (χ4n) is 4.09. The van der Waals surface area contributed by atoms with E-state index >= 15 is 0 Å². The molecule has 6 heteroatoms. The highest BCUT2D eigenvalue weighted by Crippen LogP contribution is 2.44. The fraction of sp³-hybridized carbons (Fsp3) is 0.867. The minimum Gasteiger partial charge on any atom is -0.480 e. The van der Waals surface area contributed by atoms with E-state index in [0.29, 0.717) is 25.0 Å². The Morgan fingerprint density at radius 2 is 1.90 bits per heavy atom. The average Bonchev–Trinajstić information content (AvgIpc) is 3.08. The van der Waals surface area contributed by atoms with E-state index in [1.54, 1.807) is 0 Å². The third kappa shape index (κ3) is 3.48. The highest BCUT2D eigenvalue weighted by Gasteiger charge is 2.40. The lowest BCUT2D eigenvalue weighted by Gasteiger charge is -2.33. The molecule has 118 valence electrons. The topological polar surface area (TPSA) is 78.9 Å². The molecule has 1 aliphatic heterocycles. The van der Waals surface area contributed by atoms with Crippen LogP contribution in [-0.2, 0) is 9.53 Å². The number of fused-ring (bicyclic) bond motifs is 2. The summed E-state index contributed by atoms with van der Waals surface area (Å²) in [7, 11) is 0. The number of carbonyl (C=O) groups excluding carboxylic acids is 1. The van der Waals surface area contributed by atoms with Crippen molar-refractivity contribution in [2.45, 2.75) is 50.7 Å². The normalized spacial score (nSPS) is 32.4. The molecular weight excluding hydrogens is 272 g/mol. The van der Waals surface area contributed by atoms with Crippen LogP contribution < -0.4 is 5.32 Å². The molecule has 2 bridgehead atoms. The van der Waals surface area contributed by atoms with Gasteiger partial charge in [0.05, 0.1) is 6.10 Å². The minimum absolute atomic E-state index is 0.0346. The first-order chi connectivity index (χ1) is 10.1. The van der Waals surface area contributed by atoms with Gasteiger partial charge < -0.3 is 20.1 Å². The van der Waals surface area contributed by atoms with E-state index in [1.165, 1.54) is 19.3 Å². The molecule has 3 rings (SSSR count). The average molecular weight is 296 g/mol. The maximum atomic E-state index is 12.3. The van der Waals surface area contributed by atoms with Crippen LogP contribution in [0.3, 0.4) is 0 Å². The van der Waals surface area contributed by atoms with Gasteiger partial charge in [-0.3, -0.25) is 0 Å². The van der Waals surface area contributed by atoms with Crippen molar-refractivity contribution in [2.75, 3.05) is 19.7 Å². The Bertz CT molecular complexity index is 406. The van der Waals surface area contributed by atoms with Gasteiger partial charge in [-0.05, 0) is 43.9 Å². The predicted octanol–water partition coefficient (Wildman–Crippen LogP) is 1.45. The second-order valence-electron chi connectivity index (χ2n) is 6.62. The summed E-state index contributed by atoms with van der Waals surface area (Å²) in [5.41, 5.74) is 0. The van der Waals surface area contributed by atoms with Crippen molar-refractivity contribution in [2.24, 2.45) is 11.8 Å². The first kappa shape index (κ1) is 14.6. The Morgan fingerprint density at radius 1 is 1.14 bits per heavy atom. The number of rotatable bonds is 4. The zero-order valence-corrected chi connectivity index (χ0v) is 12.3. The highest BCUT2D eigenvalue weighted by atomic mass is 16.5. The number of aliphatic carboxylic acids is 1. The fourth-order valence-corrected chi connectivity index (χ4v) is 4.09. The Hall–Kier alpha value is -1.30. The van der Waals surface area contributed by atoms with Gasteiger partial charge in [-0.25, -0.2) is 9.59 Å². The molecular formula is C15H24N2O4. The Morgan fingerprint density at radius 3 is 2.48 bits per heavy atom. The van der Waals surface area contributed by atoms with Crippen LogP contribution in [0.1, 0.15) is 38.5 Å². The van der Waals surface area contributed by atoms with Crippen LogP contribution in [-0.4, -0.2) is 53.8 Å². The van der Waals surface area contributed by atoms with Crippen molar-refractivity contribution in [3.8, 4) is 0 Å². The molecule has 3 fully saturated rings. The van der Waals surface area contributed by atoms with Crippen molar-refractivity contribution in [3.63, 3.8) is 0 Å². The highest BCUT2D eigenvalue weighted by molar-refractivity contribution is 5.74. The van der Waals surface area contributed by atoms with Gasteiger partial charge in [0.25, 0.3) is 0 Å². The molecule has 21 heavy (non-hydrogen) atoms. The minimum atomic E-state index is -0.938. The third-order valence-corrected chi connectivity index (χ3v) is 5.22. The van der Waals surface area contributed by atoms with Gasteiger partial charge >= 0.3 is 12.0 Å². The lowest BCUT2D eigenvalue weighted by molar-refractivity contribution is -0.145. The first-order valence-electron chi connectivity index (χ1n) is 8.00. The van der Waals surface area contributed by atoms with E-state index < -0.39 is 5.97 Å². The number of hydrogen-bond acceptors (Lipinski definition) is 3. The summed E-state index contributed by atoms with van der Waals surface area (Å²) in [5.74, 6) is 0.581. The summed E-state index contributed by atoms with van der Waals surface area (Å²) in [6.07, 6.45) is 6.44. The zero-order chi connectivity index (χ0) is 14.8. The number of ether oxygens (including phenoxy) is 1. The van der Waals surface area contributed by atoms with Crippen LogP contribution in [0.2, 0.25) is 0 Å². The van der Waals surface area contributed by atoms with Crippen LogP contribution in [0, 0.1) is 11.8 Å². The van der Waals surface area contributed by atoms with Gasteiger partial charge in [-0.1, -0.05) is 6.42 Å². The van der Waals surface area contributed by atoms with Crippen LogP contribution in [0.25, 0.3) is 0 Å². The summed E-state index contributed by atoms with van der Waals surface area (Å²) in [6.45, 7) is 1.05. The van der Waals surface area contributed by atoms with Crippen molar-refractivity contribution in [3.05, 3.63) is 0 Å². The number of likely N-dealkylation sites (tertiary alicyclic amines) is 1. The molecule has 0 aromatic rings. The molecule has 0 radical (unpaired) electrons. The molecule has 0 aromatic carbocycles. The molecule has 3 atom stereocenters. The molecule has 0 aromatic heterocycles. The van der Waals surface area contributed by atoms with Gasteiger partial charge in [-0.15, -0.1) is 0 Å². The SMILES string of the molecule is O=C(O)COC1CCN(C(=O)NC2CC3CCC2C3)CC1. The molecule has 2 amide bonds. The molecule has 6 nitrogen and oxygen atoms in total. The third-order valence-electron chi connectivity index (χ3n) is 5.22. The summed E-state index contributed by atoms with van der Waals surface area (Å²) >= 11 is 0. The van der Waals surface area contributed by atoms with Crippen molar-refractivity contribution in [1.82, 2.24) is 10.2 Å². The van der Waals surface area contributed by atoms with E-state index in [-0.39, 0.29) is 18.7 Å². The van der Waals surface area contributed by atoms with E-state index in [1.807, 2.05) is 4.90 Å². The Labute approximate surface area is 124 Å². The van der Waals surface area contributed by atoms with Crippen molar-refractivity contribution >= 4 is 12.0 Å². The van der Waals surface area contributed by atoms with Gasteiger partial charge in [0.15, 0.2) is 0 Å². The van der Waals surface area contributed by atoms with Crippen molar-refractivity contribution < 1.29 is 19.4 Å². The first-order valence-corrected chi connectivity index (χ1v) is 8.00. The Kier molecular flexibility index (Phi) is 4.33. The number of carbonyl (C=O) groups is 2. The maximum absolute atomic E-state index is 12.3. The number of urea groups is 1. The monoisotopic (exact) mass is 296 g/mol. The van der Waals surface area contributed by atoms with Crippen molar-refractivity contribution in [1.29, 1.82) is 0 Å². The second-order valence-corrected chi connectivity index (χ2v) is 6.62. The van der Waals surface area contributed by atoms with Crippen LogP contribution in [0.15, 0.2) is 0 Å². The van der Waals surface area contributed by atoms with Gasteiger partial charge in [0, 0.05) is 19.1 Å². The number of piperidine rings is 1. The lowest BCUT2D eigenvalue weighted by Crippen LogP contribution is -2.50. The smallest absolute Gasteiger partial charge is 0.329 e. The quantitative estimate of drug-likeness (QED) is 0.823. The largest absolute Gasteiger partial charge is 0.480 e. The van der Waals surface area contributed by atoms with E-state index in [4.69, 9.17) is 9.84 Å². The lowest BCUT2D eigenvalue weighted by atomic mass is 9.95. The standard InChI is InChI=1S/C15H24N2O4/c18-14(19)9-21-12-3-5-17(6-4-12)15(20)16-13-8-10-1-2-11(13)7-10/h10-13H,1-9H2,(H,16,20)(H,18,19). The maximum Gasteiger partial charge on any atom is 0.329 e. The summed E-state index contributed by atoms with van der Waals surface area (Å²) in [4.78, 5) is 24.6. The van der Waals surface area contributed by atoms with E-state index in [0.717, 1.165) is 25.2 Å². The van der Waals surface area contributed by atoms with Gasteiger partial charge in [0.1, 0.15) is 6.61 Å². The number of carboxylic acid groups (broad SMARTS) is 1. The molecule has 3 unspecified atom stereocenters. The second kappa shape index (κ2) is 6.22. The molecule has 0 spiro atoms. The number of nitrogens with zero attached hydrogens (tertiary/aromatic N) is 1. The molecule has 2 N–H and O–H groups in total. The molecule has 2 saturated carbocycles. The van der Waals surface area contributed by atoms with Gasteiger partial charge in [-0.2, -0.15) is 0 Å². The summed E-state index contributed by atoms with van der Waals surface area (Å²) in [5, 5.41) is 11.8. The van der Waals surface area contributed by atoms with E-state index in [9.17, 15) is 9.59 Å². The Balaban J connectivity index is 1.40. The number of carboxylic acids is 1.